The molecule has 1 aromatic heterocycles. The van der Waals surface area contributed by atoms with Crippen molar-refractivity contribution in [1.29, 1.82) is 0 Å². The SMILES string of the molecule is O=C(c1ccc2c(c1)oc(=O)n2CC(=O)N1CCOCC1)c1ccccc1Cl. The van der Waals surface area contributed by atoms with Gasteiger partial charge in [0.25, 0.3) is 0 Å². The topological polar surface area (TPSA) is 81.8 Å². The normalized spacial score (nSPS) is 14.4. The zero-order valence-electron chi connectivity index (χ0n) is 14.9. The van der Waals surface area contributed by atoms with E-state index in [0.717, 1.165) is 0 Å². The van der Waals surface area contributed by atoms with E-state index in [4.69, 9.17) is 20.8 Å². The largest absolute Gasteiger partial charge is 0.420 e. The van der Waals surface area contributed by atoms with Crippen LogP contribution in [0.1, 0.15) is 15.9 Å². The molecule has 7 nitrogen and oxygen atoms in total. The maximum Gasteiger partial charge on any atom is 0.420 e. The van der Waals surface area contributed by atoms with Gasteiger partial charge in [-0.25, -0.2) is 4.79 Å². The molecule has 144 valence electrons. The molecular formula is C20H17ClN2O5. The summed E-state index contributed by atoms with van der Waals surface area (Å²) in [7, 11) is 0. The summed E-state index contributed by atoms with van der Waals surface area (Å²) in [5.74, 6) is -1.09. The van der Waals surface area contributed by atoms with E-state index in [0.29, 0.717) is 48.0 Å². The van der Waals surface area contributed by atoms with Crippen molar-refractivity contribution in [3.8, 4) is 0 Å². The quantitative estimate of drug-likeness (QED) is 0.628. The number of ketones is 1. The zero-order valence-corrected chi connectivity index (χ0v) is 15.6. The molecule has 1 fully saturated rings. The maximum atomic E-state index is 12.7. The zero-order chi connectivity index (χ0) is 19.7. The van der Waals surface area contributed by atoms with E-state index in [2.05, 4.69) is 0 Å². The lowest BCUT2D eigenvalue weighted by molar-refractivity contribution is -0.135. The van der Waals surface area contributed by atoms with Crippen molar-refractivity contribution in [2.24, 2.45) is 0 Å². The minimum absolute atomic E-state index is 0.121. The van der Waals surface area contributed by atoms with Gasteiger partial charge in [-0.05, 0) is 30.3 Å². The molecule has 0 bridgehead atoms. The first-order valence-corrected chi connectivity index (χ1v) is 9.20. The lowest BCUT2D eigenvalue weighted by Gasteiger charge is -2.26. The van der Waals surface area contributed by atoms with Gasteiger partial charge in [0, 0.05) is 24.2 Å². The summed E-state index contributed by atoms with van der Waals surface area (Å²) in [6, 6.07) is 11.4. The van der Waals surface area contributed by atoms with Crippen molar-refractivity contribution in [3.63, 3.8) is 0 Å². The summed E-state index contributed by atoms with van der Waals surface area (Å²) >= 11 is 6.10. The van der Waals surface area contributed by atoms with E-state index in [1.54, 1.807) is 41.3 Å². The van der Waals surface area contributed by atoms with Crippen LogP contribution in [-0.4, -0.2) is 47.5 Å². The first-order chi connectivity index (χ1) is 13.5. The highest BCUT2D eigenvalue weighted by Gasteiger charge is 2.21. The first-order valence-electron chi connectivity index (χ1n) is 8.83. The number of benzene rings is 2. The number of fused-ring (bicyclic) bond motifs is 1. The molecule has 0 radical (unpaired) electrons. The predicted octanol–water partition coefficient (Wildman–Crippen LogP) is 2.34. The molecule has 0 spiro atoms. The van der Waals surface area contributed by atoms with E-state index in [-0.39, 0.29) is 23.8 Å². The third-order valence-electron chi connectivity index (χ3n) is 4.71. The molecule has 2 heterocycles. The smallest absolute Gasteiger partial charge is 0.408 e. The van der Waals surface area contributed by atoms with Crippen molar-refractivity contribution < 1.29 is 18.7 Å². The minimum Gasteiger partial charge on any atom is -0.408 e. The molecule has 0 unspecified atom stereocenters. The average molecular weight is 401 g/mol. The Labute approximate surface area is 165 Å². The number of halogens is 1. The molecule has 8 heteroatoms. The highest BCUT2D eigenvalue weighted by molar-refractivity contribution is 6.35. The average Bonchev–Trinajstić information content (AvgIpc) is 3.03. The molecule has 0 aliphatic carbocycles. The van der Waals surface area contributed by atoms with Crippen LogP contribution in [0.4, 0.5) is 0 Å². The highest BCUT2D eigenvalue weighted by Crippen LogP contribution is 2.22. The first kappa shape index (κ1) is 18.5. The van der Waals surface area contributed by atoms with Crippen LogP contribution in [0.3, 0.4) is 0 Å². The number of carbonyl (C=O) groups excluding carboxylic acids is 2. The van der Waals surface area contributed by atoms with Gasteiger partial charge >= 0.3 is 5.76 Å². The van der Waals surface area contributed by atoms with Gasteiger partial charge in [-0.1, -0.05) is 23.7 Å². The van der Waals surface area contributed by atoms with Crippen molar-refractivity contribution in [2.45, 2.75) is 6.54 Å². The van der Waals surface area contributed by atoms with Gasteiger partial charge in [0.05, 0.1) is 23.8 Å². The van der Waals surface area contributed by atoms with Gasteiger partial charge in [0.2, 0.25) is 5.91 Å². The number of carbonyl (C=O) groups is 2. The number of oxazole rings is 1. The lowest BCUT2D eigenvalue weighted by atomic mass is 10.0. The molecule has 28 heavy (non-hydrogen) atoms. The van der Waals surface area contributed by atoms with Crippen molar-refractivity contribution in [2.75, 3.05) is 26.3 Å². The molecule has 0 atom stereocenters. The van der Waals surface area contributed by atoms with E-state index in [1.807, 2.05) is 0 Å². The Balaban J connectivity index is 1.63. The van der Waals surface area contributed by atoms with Crippen molar-refractivity contribution in [1.82, 2.24) is 9.47 Å². The molecule has 0 N–H and O–H groups in total. The van der Waals surface area contributed by atoms with E-state index in [9.17, 15) is 14.4 Å². The van der Waals surface area contributed by atoms with Crippen LogP contribution in [0.25, 0.3) is 11.1 Å². The molecule has 3 aromatic rings. The van der Waals surface area contributed by atoms with Gasteiger partial charge in [0.15, 0.2) is 11.4 Å². The van der Waals surface area contributed by atoms with E-state index < -0.39 is 5.76 Å². The second kappa shape index (κ2) is 7.61. The summed E-state index contributed by atoms with van der Waals surface area (Å²) in [5, 5.41) is 0.350. The number of hydrogen-bond acceptors (Lipinski definition) is 5. The fourth-order valence-corrected chi connectivity index (χ4v) is 3.43. The molecule has 0 saturated carbocycles. The molecule has 1 aliphatic heterocycles. The summed E-state index contributed by atoms with van der Waals surface area (Å²) < 4.78 is 11.8. The Morgan fingerprint density at radius 2 is 1.82 bits per heavy atom. The molecule has 1 aliphatic rings. The van der Waals surface area contributed by atoms with Crippen LogP contribution >= 0.6 is 11.6 Å². The lowest BCUT2D eigenvalue weighted by Crippen LogP contribution is -2.43. The monoisotopic (exact) mass is 400 g/mol. The summed E-state index contributed by atoms with van der Waals surface area (Å²) in [5.41, 5.74) is 1.42. The van der Waals surface area contributed by atoms with Gasteiger partial charge in [-0.15, -0.1) is 0 Å². The minimum atomic E-state index is -0.640. The van der Waals surface area contributed by atoms with Crippen LogP contribution in [0.15, 0.2) is 51.7 Å². The van der Waals surface area contributed by atoms with Crippen LogP contribution < -0.4 is 5.76 Å². The van der Waals surface area contributed by atoms with Gasteiger partial charge < -0.3 is 14.1 Å². The molecule has 1 saturated heterocycles. The highest BCUT2D eigenvalue weighted by atomic mass is 35.5. The van der Waals surface area contributed by atoms with Gasteiger partial charge in [-0.2, -0.15) is 0 Å². The molecule has 2 aromatic carbocycles. The van der Waals surface area contributed by atoms with Gasteiger partial charge in [-0.3, -0.25) is 14.2 Å². The molecule has 4 rings (SSSR count). The summed E-state index contributed by atoms with van der Waals surface area (Å²) in [6.07, 6.45) is 0. The van der Waals surface area contributed by atoms with Crippen LogP contribution in [0.2, 0.25) is 5.02 Å². The number of nitrogens with zero attached hydrogens (tertiary/aromatic N) is 2. The van der Waals surface area contributed by atoms with E-state index >= 15 is 0 Å². The molecular weight excluding hydrogens is 384 g/mol. The number of hydrogen-bond donors (Lipinski definition) is 0. The Morgan fingerprint density at radius 1 is 1.07 bits per heavy atom. The number of morpholine rings is 1. The Hall–Kier alpha value is -2.90. The van der Waals surface area contributed by atoms with E-state index in [1.165, 1.54) is 10.6 Å². The predicted molar refractivity (Wildman–Crippen MR) is 103 cm³/mol. The second-order valence-electron chi connectivity index (χ2n) is 6.44. The van der Waals surface area contributed by atoms with Crippen molar-refractivity contribution in [3.05, 3.63) is 69.2 Å². The van der Waals surface area contributed by atoms with Crippen LogP contribution in [0, 0.1) is 0 Å². The number of amides is 1. The van der Waals surface area contributed by atoms with Gasteiger partial charge in [0.1, 0.15) is 6.54 Å². The number of rotatable bonds is 4. The fraction of sp³-hybridized carbons (Fsp3) is 0.250. The third-order valence-corrected chi connectivity index (χ3v) is 5.04. The second-order valence-corrected chi connectivity index (χ2v) is 6.85. The Kier molecular flexibility index (Phi) is 5.02. The number of ether oxygens (including phenoxy) is 1. The Bertz CT molecular complexity index is 1110. The van der Waals surface area contributed by atoms with Crippen LogP contribution in [0.5, 0.6) is 0 Å². The number of aromatic nitrogens is 1. The third kappa shape index (κ3) is 3.46. The Morgan fingerprint density at radius 3 is 2.57 bits per heavy atom. The van der Waals surface area contributed by atoms with Crippen molar-refractivity contribution >= 4 is 34.4 Å². The standard InChI is InChI=1S/C20H17ClN2O5/c21-15-4-2-1-3-14(15)19(25)13-5-6-16-17(11-13)28-20(26)23(16)12-18(24)22-7-9-27-10-8-22/h1-6,11H,7-10,12H2. The summed E-state index contributed by atoms with van der Waals surface area (Å²) in [4.78, 5) is 39.1. The molecule has 1 amide bonds. The van der Waals surface area contributed by atoms with Crippen LogP contribution in [-0.2, 0) is 16.1 Å². The maximum absolute atomic E-state index is 12.7. The fourth-order valence-electron chi connectivity index (χ4n) is 3.21. The summed E-state index contributed by atoms with van der Waals surface area (Å²) in [6.45, 7) is 1.85.